The van der Waals surface area contributed by atoms with Crippen molar-refractivity contribution in [3.63, 3.8) is 0 Å². The van der Waals surface area contributed by atoms with Gasteiger partial charge in [0.25, 0.3) is 5.91 Å². The van der Waals surface area contributed by atoms with Gasteiger partial charge in [-0.25, -0.2) is 0 Å². The van der Waals surface area contributed by atoms with Crippen molar-refractivity contribution in [3.05, 3.63) is 72.4 Å². The largest absolute Gasteiger partial charge is 0.355 e. The first-order valence-corrected chi connectivity index (χ1v) is 8.42. The highest BCUT2D eigenvalue weighted by atomic mass is 16.2. The highest BCUT2D eigenvalue weighted by molar-refractivity contribution is 6.04. The second-order valence-corrected chi connectivity index (χ2v) is 5.75. The van der Waals surface area contributed by atoms with Crippen LogP contribution in [0.2, 0.25) is 0 Å². The number of hydrogen-bond acceptors (Lipinski definition) is 3. The van der Waals surface area contributed by atoms with E-state index in [9.17, 15) is 9.59 Å². The maximum Gasteiger partial charge on any atom is 0.256 e. The lowest BCUT2D eigenvalue weighted by Gasteiger charge is -2.05. The predicted octanol–water partition coefficient (Wildman–Crippen LogP) is 2.94. The van der Waals surface area contributed by atoms with Crippen LogP contribution >= 0.6 is 0 Å². The van der Waals surface area contributed by atoms with Crippen LogP contribution < -0.4 is 10.6 Å². The number of aromatic nitrogens is 2. The molecule has 0 unspecified atom stereocenters. The van der Waals surface area contributed by atoms with Crippen LogP contribution in [0.15, 0.2) is 66.9 Å². The maximum absolute atomic E-state index is 12.4. The highest BCUT2D eigenvalue weighted by Gasteiger charge is 2.09. The molecule has 6 nitrogen and oxygen atoms in total. The smallest absolute Gasteiger partial charge is 0.256 e. The van der Waals surface area contributed by atoms with Crippen molar-refractivity contribution in [2.24, 2.45) is 0 Å². The third-order valence-corrected chi connectivity index (χ3v) is 3.82. The minimum Gasteiger partial charge on any atom is -0.355 e. The Hall–Kier alpha value is -3.41. The SMILES string of the molecule is CCNC(=O)Cn1ccc(NC(=O)c2ccc(-c3ccccc3)cc2)n1. The number of nitrogens with zero attached hydrogens (tertiary/aromatic N) is 2. The molecule has 0 aliphatic carbocycles. The summed E-state index contributed by atoms with van der Waals surface area (Å²) in [5.41, 5.74) is 2.69. The van der Waals surface area contributed by atoms with Gasteiger partial charge in [0.15, 0.2) is 5.82 Å². The molecule has 0 saturated heterocycles. The van der Waals surface area contributed by atoms with Gasteiger partial charge in [-0.3, -0.25) is 14.3 Å². The number of anilines is 1. The zero-order valence-corrected chi connectivity index (χ0v) is 14.5. The molecule has 0 atom stereocenters. The molecule has 0 spiro atoms. The highest BCUT2D eigenvalue weighted by Crippen LogP contribution is 2.19. The van der Waals surface area contributed by atoms with E-state index in [1.165, 1.54) is 4.68 Å². The van der Waals surface area contributed by atoms with Gasteiger partial charge in [-0.2, -0.15) is 5.10 Å². The van der Waals surface area contributed by atoms with Gasteiger partial charge in [-0.15, -0.1) is 0 Å². The molecule has 1 aromatic heterocycles. The molecule has 0 aliphatic rings. The quantitative estimate of drug-likeness (QED) is 0.719. The van der Waals surface area contributed by atoms with Gasteiger partial charge < -0.3 is 10.6 Å². The van der Waals surface area contributed by atoms with Crippen LogP contribution in [0.3, 0.4) is 0 Å². The Morgan fingerprint density at radius 3 is 2.35 bits per heavy atom. The molecule has 1 heterocycles. The number of carbonyl (C=O) groups is 2. The van der Waals surface area contributed by atoms with E-state index in [4.69, 9.17) is 0 Å². The first-order chi connectivity index (χ1) is 12.7. The van der Waals surface area contributed by atoms with Gasteiger partial charge in [-0.1, -0.05) is 42.5 Å². The molecule has 6 heteroatoms. The monoisotopic (exact) mass is 348 g/mol. The maximum atomic E-state index is 12.4. The summed E-state index contributed by atoms with van der Waals surface area (Å²) in [6.45, 7) is 2.55. The van der Waals surface area contributed by atoms with Gasteiger partial charge >= 0.3 is 0 Å². The molecule has 0 saturated carbocycles. The van der Waals surface area contributed by atoms with E-state index in [0.29, 0.717) is 17.9 Å². The third kappa shape index (κ3) is 4.36. The standard InChI is InChI=1S/C20H20N4O2/c1-2-21-19(25)14-24-13-12-18(23-24)22-20(26)17-10-8-16(9-11-17)15-6-4-3-5-7-15/h3-13H,2,14H2,1H3,(H,21,25)(H,22,23,26). The summed E-state index contributed by atoms with van der Waals surface area (Å²) in [7, 11) is 0. The average Bonchev–Trinajstić information content (AvgIpc) is 3.09. The number of benzene rings is 2. The summed E-state index contributed by atoms with van der Waals surface area (Å²) in [4.78, 5) is 23.9. The molecule has 0 aliphatic heterocycles. The van der Waals surface area contributed by atoms with Crippen LogP contribution in [-0.2, 0) is 11.3 Å². The Balaban J connectivity index is 1.63. The van der Waals surface area contributed by atoms with Crippen LogP contribution in [0.25, 0.3) is 11.1 Å². The lowest BCUT2D eigenvalue weighted by Crippen LogP contribution is -2.27. The van der Waals surface area contributed by atoms with Crippen molar-refractivity contribution in [1.29, 1.82) is 0 Å². The summed E-state index contributed by atoms with van der Waals surface area (Å²) in [6.07, 6.45) is 1.66. The van der Waals surface area contributed by atoms with E-state index < -0.39 is 0 Å². The Morgan fingerprint density at radius 2 is 1.65 bits per heavy atom. The number of amides is 2. The lowest BCUT2D eigenvalue weighted by atomic mass is 10.0. The zero-order valence-electron chi connectivity index (χ0n) is 14.5. The Morgan fingerprint density at radius 1 is 0.962 bits per heavy atom. The Kier molecular flexibility index (Phi) is 5.43. The van der Waals surface area contributed by atoms with Crippen LogP contribution in [0.4, 0.5) is 5.82 Å². The summed E-state index contributed by atoms with van der Waals surface area (Å²) in [5.74, 6) is 0.0456. The summed E-state index contributed by atoms with van der Waals surface area (Å²) >= 11 is 0. The van der Waals surface area contributed by atoms with Gasteiger partial charge in [0.05, 0.1) is 0 Å². The number of hydrogen-bond donors (Lipinski definition) is 2. The number of likely N-dealkylation sites (N-methyl/N-ethyl adjacent to an activating group) is 1. The van der Waals surface area contributed by atoms with Gasteiger partial charge in [0.2, 0.25) is 5.91 Å². The third-order valence-electron chi connectivity index (χ3n) is 3.82. The van der Waals surface area contributed by atoms with E-state index in [-0.39, 0.29) is 18.4 Å². The molecular weight excluding hydrogens is 328 g/mol. The van der Waals surface area contributed by atoms with Crippen molar-refractivity contribution in [1.82, 2.24) is 15.1 Å². The fourth-order valence-corrected chi connectivity index (χ4v) is 2.55. The van der Waals surface area contributed by atoms with Crippen LogP contribution in [0, 0.1) is 0 Å². The molecule has 2 N–H and O–H groups in total. The second kappa shape index (κ2) is 8.11. The number of nitrogens with one attached hydrogen (secondary N) is 2. The molecule has 0 radical (unpaired) electrons. The summed E-state index contributed by atoms with van der Waals surface area (Å²) < 4.78 is 1.49. The Labute approximate surface area is 151 Å². The van der Waals surface area contributed by atoms with E-state index >= 15 is 0 Å². The number of rotatable bonds is 6. The minimum atomic E-state index is -0.243. The van der Waals surface area contributed by atoms with Crippen molar-refractivity contribution in [2.45, 2.75) is 13.5 Å². The van der Waals surface area contributed by atoms with Gasteiger partial charge in [0, 0.05) is 24.4 Å². The van der Waals surface area contributed by atoms with Crippen molar-refractivity contribution < 1.29 is 9.59 Å². The molecule has 3 aromatic rings. The average molecular weight is 348 g/mol. The first kappa shape index (κ1) is 17.4. The molecule has 0 fully saturated rings. The predicted molar refractivity (Wildman–Crippen MR) is 101 cm³/mol. The van der Waals surface area contributed by atoms with Crippen molar-refractivity contribution in [3.8, 4) is 11.1 Å². The van der Waals surface area contributed by atoms with Crippen LogP contribution in [0.5, 0.6) is 0 Å². The van der Waals surface area contributed by atoms with E-state index in [1.807, 2.05) is 49.4 Å². The molecular formula is C20H20N4O2. The fourth-order valence-electron chi connectivity index (χ4n) is 2.55. The van der Waals surface area contributed by atoms with E-state index in [2.05, 4.69) is 15.7 Å². The van der Waals surface area contributed by atoms with Crippen LogP contribution in [-0.4, -0.2) is 28.1 Å². The zero-order chi connectivity index (χ0) is 18.4. The topological polar surface area (TPSA) is 76.0 Å². The molecule has 0 bridgehead atoms. The van der Waals surface area contributed by atoms with Crippen molar-refractivity contribution in [2.75, 3.05) is 11.9 Å². The Bertz CT molecular complexity index is 886. The molecule has 2 amide bonds. The van der Waals surface area contributed by atoms with Gasteiger partial charge in [0.1, 0.15) is 6.54 Å². The van der Waals surface area contributed by atoms with Crippen LogP contribution in [0.1, 0.15) is 17.3 Å². The normalized spacial score (nSPS) is 10.3. The first-order valence-electron chi connectivity index (χ1n) is 8.42. The minimum absolute atomic E-state index is 0.120. The molecule has 26 heavy (non-hydrogen) atoms. The summed E-state index contributed by atoms with van der Waals surface area (Å²) in [6, 6.07) is 19.0. The lowest BCUT2D eigenvalue weighted by molar-refractivity contribution is -0.121. The molecule has 3 rings (SSSR count). The van der Waals surface area contributed by atoms with E-state index in [1.54, 1.807) is 24.4 Å². The fraction of sp³-hybridized carbons (Fsp3) is 0.150. The second-order valence-electron chi connectivity index (χ2n) is 5.75. The van der Waals surface area contributed by atoms with E-state index in [0.717, 1.165) is 11.1 Å². The molecule has 2 aromatic carbocycles. The summed E-state index contributed by atoms with van der Waals surface area (Å²) in [5, 5.41) is 9.63. The van der Waals surface area contributed by atoms with Gasteiger partial charge in [-0.05, 0) is 30.2 Å². The van der Waals surface area contributed by atoms with Crippen molar-refractivity contribution >= 4 is 17.6 Å². The number of carbonyl (C=O) groups excluding carboxylic acids is 2. The molecule has 132 valence electrons.